The molecule has 0 saturated carbocycles. The molecule has 2 heterocycles. The van der Waals surface area contributed by atoms with E-state index in [9.17, 15) is 0 Å². The number of para-hydroxylation sites is 1. The van der Waals surface area contributed by atoms with Crippen LogP contribution in [0.5, 0.6) is 0 Å². The van der Waals surface area contributed by atoms with E-state index < -0.39 is 0 Å². The van der Waals surface area contributed by atoms with Crippen molar-refractivity contribution in [2.45, 2.75) is 26.7 Å². The van der Waals surface area contributed by atoms with Crippen molar-refractivity contribution in [1.29, 1.82) is 0 Å². The predicted octanol–water partition coefficient (Wildman–Crippen LogP) is 3.75. The Kier molecular flexibility index (Phi) is 3.69. The molecule has 1 aromatic carbocycles. The molecule has 3 rings (SSSR count). The number of aromatic nitrogens is 1. The number of nitrogens with one attached hydrogen (secondary N) is 1. The van der Waals surface area contributed by atoms with Crippen molar-refractivity contribution in [2.75, 3.05) is 32.0 Å². The Morgan fingerprint density at radius 3 is 2.80 bits per heavy atom. The molecule has 20 heavy (non-hydrogen) atoms. The molecule has 0 amide bonds. The van der Waals surface area contributed by atoms with Crippen LogP contribution in [-0.2, 0) is 0 Å². The van der Waals surface area contributed by atoms with Gasteiger partial charge >= 0.3 is 0 Å². The normalized spacial score (nSPS) is 19.4. The van der Waals surface area contributed by atoms with Crippen LogP contribution >= 0.6 is 11.3 Å². The smallest absolute Gasteiger partial charge is 0.183 e. The third-order valence-corrected chi connectivity index (χ3v) is 5.46. The standard InChI is InChI=1S/C16H23N3S/c1-12-5-4-6-13-14(12)18-15(20-13)17-11-16(2)7-9-19(3)10-8-16/h4-6H,7-11H2,1-3H3,(H,17,18). The van der Waals surface area contributed by atoms with Crippen LogP contribution < -0.4 is 5.32 Å². The van der Waals surface area contributed by atoms with Crippen LogP contribution in [0.2, 0.25) is 0 Å². The molecule has 4 heteroatoms. The molecule has 0 spiro atoms. The van der Waals surface area contributed by atoms with Crippen LogP contribution in [-0.4, -0.2) is 36.6 Å². The van der Waals surface area contributed by atoms with Crippen LogP contribution in [0.4, 0.5) is 5.13 Å². The van der Waals surface area contributed by atoms with Crippen molar-refractivity contribution in [1.82, 2.24) is 9.88 Å². The fourth-order valence-corrected chi connectivity index (χ4v) is 3.73. The predicted molar refractivity (Wildman–Crippen MR) is 87.7 cm³/mol. The zero-order valence-corrected chi connectivity index (χ0v) is 13.4. The maximum Gasteiger partial charge on any atom is 0.183 e. The lowest BCUT2D eigenvalue weighted by atomic mass is 9.80. The molecule has 0 bridgehead atoms. The number of anilines is 1. The second kappa shape index (κ2) is 5.34. The highest BCUT2D eigenvalue weighted by molar-refractivity contribution is 7.22. The van der Waals surface area contributed by atoms with Gasteiger partial charge in [0.2, 0.25) is 0 Å². The third-order valence-electron chi connectivity index (χ3n) is 4.48. The molecule has 1 fully saturated rings. The second-order valence-corrected chi connectivity index (χ2v) is 7.44. The summed E-state index contributed by atoms with van der Waals surface area (Å²) in [5, 5.41) is 4.64. The van der Waals surface area contributed by atoms with Crippen LogP contribution in [0, 0.1) is 12.3 Å². The first-order valence-corrected chi connectivity index (χ1v) is 8.16. The summed E-state index contributed by atoms with van der Waals surface area (Å²) in [7, 11) is 2.21. The summed E-state index contributed by atoms with van der Waals surface area (Å²) in [5.74, 6) is 0. The third kappa shape index (κ3) is 2.81. The molecule has 1 aliphatic rings. The van der Waals surface area contributed by atoms with E-state index in [1.807, 2.05) is 0 Å². The Balaban J connectivity index is 1.69. The first kappa shape index (κ1) is 13.8. The Hall–Kier alpha value is -1.13. The second-order valence-electron chi connectivity index (χ2n) is 6.41. The number of hydrogen-bond donors (Lipinski definition) is 1. The molecule has 108 valence electrons. The molecule has 1 saturated heterocycles. The number of piperidine rings is 1. The number of fused-ring (bicyclic) bond motifs is 1. The minimum absolute atomic E-state index is 0.402. The van der Waals surface area contributed by atoms with Gasteiger partial charge in [0, 0.05) is 6.54 Å². The number of hydrogen-bond acceptors (Lipinski definition) is 4. The average Bonchev–Trinajstić information content (AvgIpc) is 2.85. The summed E-state index contributed by atoms with van der Waals surface area (Å²) in [6.07, 6.45) is 2.53. The lowest BCUT2D eigenvalue weighted by Gasteiger charge is -2.37. The monoisotopic (exact) mass is 289 g/mol. The summed E-state index contributed by atoms with van der Waals surface area (Å²) in [6.45, 7) is 7.96. The average molecular weight is 289 g/mol. The lowest BCUT2D eigenvalue weighted by molar-refractivity contribution is 0.150. The molecule has 1 aliphatic heterocycles. The number of likely N-dealkylation sites (tertiary alicyclic amines) is 1. The largest absolute Gasteiger partial charge is 0.361 e. The van der Waals surface area contributed by atoms with E-state index in [1.165, 1.54) is 36.2 Å². The number of aryl methyl sites for hydroxylation is 1. The van der Waals surface area contributed by atoms with E-state index in [2.05, 4.69) is 49.3 Å². The molecule has 0 unspecified atom stereocenters. The minimum atomic E-state index is 0.402. The van der Waals surface area contributed by atoms with Crippen LogP contribution in [0.25, 0.3) is 10.2 Å². The molecule has 1 aromatic heterocycles. The van der Waals surface area contributed by atoms with Gasteiger partial charge in [-0.3, -0.25) is 0 Å². The van der Waals surface area contributed by atoms with Gasteiger partial charge in [0.15, 0.2) is 5.13 Å². The van der Waals surface area contributed by atoms with E-state index in [0.717, 1.165) is 17.2 Å². The highest BCUT2D eigenvalue weighted by Crippen LogP contribution is 2.33. The van der Waals surface area contributed by atoms with Gasteiger partial charge in [0.25, 0.3) is 0 Å². The number of rotatable bonds is 3. The fourth-order valence-electron chi connectivity index (χ4n) is 2.79. The van der Waals surface area contributed by atoms with Crippen LogP contribution in [0.15, 0.2) is 18.2 Å². The summed E-state index contributed by atoms with van der Waals surface area (Å²) in [5.41, 5.74) is 2.81. The van der Waals surface area contributed by atoms with E-state index in [1.54, 1.807) is 11.3 Å². The summed E-state index contributed by atoms with van der Waals surface area (Å²) >= 11 is 1.77. The topological polar surface area (TPSA) is 28.2 Å². The quantitative estimate of drug-likeness (QED) is 0.933. The van der Waals surface area contributed by atoms with Gasteiger partial charge in [-0.2, -0.15) is 0 Å². The Morgan fingerprint density at radius 1 is 1.35 bits per heavy atom. The number of nitrogens with zero attached hydrogens (tertiary/aromatic N) is 2. The minimum Gasteiger partial charge on any atom is -0.361 e. The Morgan fingerprint density at radius 2 is 2.10 bits per heavy atom. The zero-order valence-electron chi connectivity index (χ0n) is 12.6. The van der Waals surface area contributed by atoms with Gasteiger partial charge in [-0.25, -0.2) is 4.98 Å². The molecule has 3 nitrogen and oxygen atoms in total. The van der Waals surface area contributed by atoms with E-state index >= 15 is 0 Å². The molecule has 0 radical (unpaired) electrons. The Bertz CT molecular complexity index is 597. The molecule has 0 atom stereocenters. The van der Waals surface area contributed by atoms with Crippen molar-refractivity contribution < 1.29 is 0 Å². The highest BCUT2D eigenvalue weighted by atomic mass is 32.1. The van der Waals surface area contributed by atoms with Crippen molar-refractivity contribution in [3.05, 3.63) is 23.8 Å². The van der Waals surface area contributed by atoms with E-state index in [-0.39, 0.29) is 0 Å². The molecular weight excluding hydrogens is 266 g/mol. The molecular formula is C16H23N3S. The van der Waals surface area contributed by atoms with E-state index in [0.29, 0.717) is 5.41 Å². The summed E-state index contributed by atoms with van der Waals surface area (Å²) in [4.78, 5) is 7.16. The van der Waals surface area contributed by atoms with Gasteiger partial charge in [0.05, 0.1) is 10.2 Å². The van der Waals surface area contributed by atoms with Crippen LogP contribution in [0.1, 0.15) is 25.3 Å². The first-order valence-electron chi connectivity index (χ1n) is 7.34. The van der Waals surface area contributed by atoms with Gasteiger partial charge < -0.3 is 10.2 Å². The molecule has 0 aliphatic carbocycles. The van der Waals surface area contributed by atoms with Crippen molar-refractivity contribution in [2.24, 2.45) is 5.41 Å². The van der Waals surface area contributed by atoms with Crippen LogP contribution in [0.3, 0.4) is 0 Å². The highest BCUT2D eigenvalue weighted by Gasteiger charge is 2.28. The van der Waals surface area contributed by atoms with E-state index in [4.69, 9.17) is 4.98 Å². The van der Waals surface area contributed by atoms with Gasteiger partial charge in [-0.1, -0.05) is 30.4 Å². The van der Waals surface area contributed by atoms with Crippen molar-refractivity contribution in [3.63, 3.8) is 0 Å². The summed E-state index contributed by atoms with van der Waals surface area (Å²) in [6, 6.07) is 6.39. The van der Waals surface area contributed by atoms with Crippen molar-refractivity contribution in [3.8, 4) is 0 Å². The van der Waals surface area contributed by atoms with Crippen molar-refractivity contribution >= 4 is 26.7 Å². The first-order chi connectivity index (χ1) is 9.56. The SMILES string of the molecule is Cc1cccc2sc(NCC3(C)CCN(C)CC3)nc12. The fraction of sp³-hybridized carbons (Fsp3) is 0.562. The molecule has 2 aromatic rings. The maximum absolute atomic E-state index is 4.74. The number of thiazole rings is 1. The molecule has 1 N–H and O–H groups in total. The lowest BCUT2D eigenvalue weighted by Crippen LogP contribution is -2.40. The van der Waals surface area contributed by atoms with Gasteiger partial charge in [0.1, 0.15) is 0 Å². The zero-order chi connectivity index (χ0) is 14.2. The van der Waals surface area contributed by atoms with Gasteiger partial charge in [-0.15, -0.1) is 0 Å². The maximum atomic E-state index is 4.74. The number of benzene rings is 1. The van der Waals surface area contributed by atoms with Gasteiger partial charge in [-0.05, 0) is 56.9 Å². The Labute approximate surface area is 125 Å². The summed E-state index contributed by atoms with van der Waals surface area (Å²) < 4.78 is 1.28.